The van der Waals surface area contributed by atoms with Crippen LogP contribution in [0.3, 0.4) is 0 Å². The summed E-state index contributed by atoms with van der Waals surface area (Å²) in [5.41, 5.74) is 0.589. The number of esters is 1. The van der Waals surface area contributed by atoms with E-state index in [1.54, 1.807) is 12.1 Å². The first-order chi connectivity index (χ1) is 14.8. The van der Waals surface area contributed by atoms with Crippen molar-refractivity contribution < 1.29 is 14.3 Å². The molecule has 30 heavy (non-hydrogen) atoms. The summed E-state index contributed by atoms with van der Waals surface area (Å²) in [5, 5.41) is 0. The van der Waals surface area contributed by atoms with Crippen molar-refractivity contribution in [3.05, 3.63) is 48.0 Å². The molecular formula is C27H44O3. The van der Waals surface area contributed by atoms with Crippen LogP contribution in [0.4, 0.5) is 0 Å². The van der Waals surface area contributed by atoms with E-state index in [1.807, 2.05) is 18.2 Å². The van der Waals surface area contributed by atoms with Gasteiger partial charge in [0.15, 0.2) is 0 Å². The van der Waals surface area contributed by atoms with Crippen molar-refractivity contribution in [3.63, 3.8) is 0 Å². The molecule has 3 heteroatoms. The highest BCUT2D eigenvalue weighted by Gasteiger charge is 2.04. The molecule has 0 atom stereocenters. The highest BCUT2D eigenvalue weighted by atomic mass is 16.6. The molecule has 0 aromatic heterocycles. The van der Waals surface area contributed by atoms with Crippen molar-refractivity contribution in [2.45, 2.75) is 96.8 Å². The second-order valence-corrected chi connectivity index (χ2v) is 8.05. The van der Waals surface area contributed by atoms with E-state index < -0.39 is 0 Å². The fourth-order valence-electron chi connectivity index (χ4n) is 3.40. The van der Waals surface area contributed by atoms with Crippen LogP contribution >= 0.6 is 0 Å². The van der Waals surface area contributed by atoms with Crippen molar-refractivity contribution in [1.82, 2.24) is 0 Å². The minimum absolute atomic E-state index is 0.281. The van der Waals surface area contributed by atoms with E-state index in [4.69, 9.17) is 9.47 Å². The summed E-state index contributed by atoms with van der Waals surface area (Å²) in [6, 6.07) is 9.07. The number of benzene rings is 1. The van der Waals surface area contributed by atoms with Crippen LogP contribution in [0.1, 0.15) is 107 Å². The Kier molecular flexibility index (Phi) is 18.2. The molecule has 0 amide bonds. The molecule has 1 aromatic rings. The van der Waals surface area contributed by atoms with Gasteiger partial charge in [0.2, 0.25) is 0 Å². The predicted octanol–water partition coefficient (Wildman–Crippen LogP) is 7.90. The summed E-state index contributed by atoms with van der Waals surface area (Å²) >= 11 is 0. The number of allylic oxidation sites excluding steroid dienone is 2. The number of rotatable bonds is 20. The number of ether oxygens (including phenoxy) is 2. The molecule has 3 nitrogen and oxygen atoms in total. The summed E-state index contributed by atoms with van der Waals surface area (Å²) in [5.74, 6) is -0.281. The Labute approximate surface area is 185 Å². The predicted molar refractivity (Wildman–Crippen MR) is 127 cm³/mol. The first-order valence-corrected chi connectivity index (χ1v) is 12.3. The van der Waals surface area contributed by atoms with Gasteiger partial charge in [-0.05, 0) is 44.2 Å². The third kappa shape index (κ3) is 16.2. The topological polar surface area (TPSA) is 35.5 Å². The van der Waals surface area contributed by atoms with E-state index in [9.17, 15) is 4.79 Å². The molecule has 0 aliphatic carbocycles. The van der Waals surface area contributed by atoms with E-state index in [-0.39, 0.29) is 5.97 Å². The molecule has 0 N–H and O–H groups in total. The highest BCUT2D eigenvalue weighted by molar-refractivity contribution is 5.89. The van der Waals surface area contributed by atoms with E-state index in [2.05, 4.69) is 19.1 Å². The van der Waals surface area contributed by atoms with E-state index in [0.29, 0.717) is 18.8 Å². The quantitative estimate of drug-likeness (QED) is 0.123. The van der Waals surface area contributed by atoms with Gasteiger partial charge < -0.3 is 9.47 Å². The fourth-order valence-corrected chi connectivity index (χ4v) is 3.40. The second-order valence-electron chi connectivity index (χ2n) is 8.05. The Balaban J connectivity index is 1.75. The zero-order chi connectivity index (χ0) is 21.5. The average Bonchev–Trinajstić information content (AvgIpc) is 2.78. The summed E-state index contributed by atoms with van der Waals surface area (Å²) in [6.07, 6.45) is 23.1. The lowest BCUT2D eigenvalue weighted by molar-refractivity contribution is 0.0312. The molecule has 170 valence electrons. The fraction of sp³-hybridized carbons (Fsp3) is 0.667. The smallest absolute Gasteiger partial charge is 0.338 e. The lowest BCUT2D eigenvalue weighted by atomic mass is 10.1. The standard InChI is InChI=1S/C27H44O3/c1-2-3-4-5-6-7-8-9-10-11-12-13-14-15-16-20-23-29-24-25-30-27(28)26-21-18-17-19-22-26/h9-10,17-19,21-22H,2-8,11-16,20,23-25H2,1H3/b10-9-. The Morgan fingerprint density at radius 3 is 1.90 bits per heavy atom. The molecule has 0 fully saturated rings. The lowest BCUT2D eigenvalue weighted by Gasteiger charge is -2.06. The van der Waals surface area contributed by atoms with Crippen LogP contribution in [0.2, 0.25) is 0 Å². The van der Waals surface area contributed by atoms with Crippen LogP contribution in [-0.2, 0) is 9.47 Å². The van der Waals surface area contributed by atoms with Gasteiger partial charge in [0.25, 0.3) is 0 Å². The first-order valence-electron chi connectivity index (χ1n) is 12.3. The van der Waals surface area contributed by atoms with Crippen molar-refractivity contribution in [3.8, 4) is 0 Å². The zero-order valence-corrected chi connectivity index (χ0v) is 19.3. The van der Waals surface area contributed by atoms with Gasteiger partial charge in [-0.2, -0.15) is 0 Å². The first kappa shape index (κ1) is 26.4. The molecule has 0 bridgehead atoms. The molecule has 1 aromatic carbocycles. The highest BCUT2D eigenvalue weighted by Crippen LogP contribution is 2.10. The third-order valence-electron chi connectivity index (χ3n) is 5.27. The minimum atomic E-state index is -0.281. The molecule has 0 aliphatic heterocycles. The summed E-state index contributed by atoms with van der Waals surface area (Å²) in [4.78, 5) is 11.8. The largest absolute Gasteiger partial charge is 0.460 e. The maximum atomic E-state index is 11.8. The van der Waals surface area contributed by atoms with E-state index in [0.717, 1.165) is 13.0 Å². The van der Waals surface area contributed by atoms with Crippen molar-refractivity contribution >= 4 is 5.97 Å². The van der Waals surface area contributed by atoms with Gasteiger partial charge in [-0.25, -0.2) is 4.79 Å². The molecule has 0 saturated carbocycles. The molecule has 0 saturated heterocycles. The number of carbonyl (C=O) groups excluding carboxylic acids is 1. The summed E-state index contributed by atoms with van der Waals surface area (Å²) < 4.78 is 10.7. The summed E-state index contributed by atoms with van der Waals surface area (Å²) in [6.45, 7) is 3.82. The van der Waals surface area contributed by atoms with Gasteiger partial charge in [0, 0.05) is 6.61 Å². The molecule has 0 radical (unpaired) electrons. The maximum Gasteiger partial charge on any atom is 0.338 e. The Morgan fingerprint density at radius 2 is 1.27 bits per heavy atom. The lowest BCUT2D eigenvalue weighted by Crippen LogP contribution is -2.11. The number of hydrogen-bond donors (Lipinski definition) is 0. The van der Waals surface area contributed by atoms with Gasteiger partial charge in [-0.1, -0.05) is 95.1 Å². The SMILES string of the molecule is CCCCCCCC/C=C\CCCCCCCCOCCOC(=O)c1ccccc1. The van der Waals surface area contributed by atoms with Crippen LogP contribution in [-0.4, -0.2) is 25.8 Å². The van der Waals surface area contributed by atoms with Gasteiger partial charge in [-0.3, -0.25) is 0 Å². The zero-order valence-electron chi connectivity index (χ0n) is 19.3. The molecule has 0 heterocycles. The van der Waals surface area contributed by atoms with Crippen LogP contribution < -0.4 is 0 Å². The minimum Gasteiger partial charge on any atom is -0.460 e. The molecule has 0 aliphatic rings. The molecule has 1 rings (SSSR count). The Hall–Kier alpha value is -1.61. The average molecular weight is 417 g/mol. The van der Waals surface area contributed by atoms with Crippen molar-refractivity contribution in [2.75, 3.05) is 19.8 Å². The Morgan fingerprint density at radius 1 is 0.700 bits per heavy atom. The van der Waals surface area contributed by atoms with Crippen molar-refractivity contribution in [1.29, 1.82) is 0 Å². The van der Waals surface area contributed by atoms with E-state index in [1.165, 1.54) is 83.5 Å². The van der Waals surface area contributed by atoms with Crippen LogP contribution in [0.15, 0.2) is 42.5 Å². The number of carbonyl (C=O) groups is 1. The van der Waals surface area contributed by atoms with Crippen molar-refractivity contribution in [2.24, 2.45) is 0 Å². The van der Waals surface area contributed by atoms with Gasteiger partial charge >= 0.3 is 5.97 Å². The third-order valence-corrected chi connectivity index (χ3v) is 5.27. The normalized spacial score (nSPS) is 11.2. The molecular weight excluding hydrogens is 372 g/mol. The number of unbranched alkanes of at least 4 members (excludes halogenated alkanes) is 12. The molecule has 0 spiro atoms. The molecule has 0 unspecified atom stereocenters. The van der Waals surface area contributed by atoms with Crippen LogP contribution in [0.5, 0.6) is 0 Å². The number of hydrogen-bond acceptors (Lipinski definition) is 3. The van der Waals surface area contributed by atoms with Crippen LogP contribution in [0, 0.1) is 0 Å². The second kappa shape index (κ2) is 20.7. The van der Waals surface area contributed by atoms with Gasteiger partial charge in [0.1, 0.15) is 6.61 Å². The van der Waals surface area contributed by atoms with E-state index >= 15 is 0 Å². The Bertz CT molecular complexity index is 524. The van der Waals surface area contributed by atoms with Gasteiger partial charge in [0.05, 0.1) is 12.2 Å². The van der Waals surface area contributed by atoms with Gasteiger partial charge in [-0.15, -0.1) is 0 Å². The van der Waals surface area contributed by atoms with Crippen LogP contribution in [0.25, 0.3) is 0 Å². The summed E-state index contributed by atoms with van der Waals surface area (Å²) in [7, 11) is 0. The maximum absolute atomic E-state index is 11.8. The monoisotopic (exact) mass is 416 g/mol.